The van der Waals surface area contributed by atoms with E-state index in [0.717, 1.165) is 0 Å². The molecule has 1 rings (SSSR count). The lowest BCUT2D eigenvalue weighted by Crippen LogP contribution is -2.10. The second kappa shape index (κ2) is 7.76. The van der Waals surface area contributed by atoms with Crippen molar-refractivity contribution in [2.24, 2.45) is 5.10 Å². The second-order valence-corrected chi connectivity index (χ2v) is 4.49. The molecule has 0 spiro atoms. The fraction of sp³-hybridized carbons (Fsp3) is 0.250. The Morgan fingerprint density at radius 2 is 2.05 bits per heavy atom. The topological polar surface area (TPSA) is 78.8 Å². The Kier molecular flexibility index (Phi) is 6.32. The van der Waals surface area contributed by atoms with Gasteiger partial charge in [0.1, 0.15) is 0 Å². The van der Waals surface area contributed by atoms with Gasteiger partial charge < -0.3 is 5.11 Å². The van der Waals surface area contributed by atoms with Crippen LogP contribution >= 0.6 is 23.2 Å². The van der Waals surface area contributed by atoms with Gasteiger partial charge in [0, 0.05) is 17.9 Å². The zero-order chi connectivity index (χ0) is 14.3. The molecule has 0 aliphatic carbocycles. The van der Waals surface area contributed by atoms with Crippen LogP contribution in [-0.4, -0.2) is 22.0 Å². The molecule has 19 heavy (non-hydrogen) atoms. The molecule has 0 aliphatic heterocycles. The van der Waals surface area contributed by atoms with Crippen LogP contribution in [0.3, 0.4) is 0 Å². The summed E-state index contributed by atoms with van der Waals surface area (Å²) < 4.78 is 0. The number of hydrogen-bond donors (Lipinski definition) is 2. The van der Waals surface area contributed by atoms with Crippen LogP contribution in [0.2, 0.25) is 5.02 Å². The van der Waals surface area contributed by atoms with E-state index in [1.807, 2.05) is 0 Å². The number of benzene rings is 1. The number of carbonyl (C=O) groups excluding carboxylic acids is 1. The number of halogens is 2. The molecule has 0 bridgehead atoms. The number of hydrogen-bond acceptors (Lipinski definition) is 4. The molecule has 1 aromatic rings. The van der Waals surface area contributed by atoms with E-state index < -0.39 is 11.8 Å². The number of Topliss-reactive ketones (excluding diaryl/α,β-unsaturated/α-hetero) is 1. The smallest absolute Gasteiger partial charge is 0.303 e. The van der Waals surface area contributed by atoms with E-state index >= 15 is 0 Å². The Balaban J connectivity index is 2.47. The van der Waals surface area contributed by atoms with Crippen LogP contribution in [0.5, 0.6) is 0 Å². The first kappa shape index (κ1) is 15.5. The van der Waals surface area contributed by atoms with Gasteiger partial charge in [0.15, 0.2) is 11.0 Å². The van der Waals surface area contributed by atoms with Crippen molar-refractivity contribution >= 4 is 45.8 Å². The van der Waals surface area contributed by atoms with Gasteiger partial charge >= 0.3 is 5.97 Å². The predicted octanol–water partition coefficient (Wildman–Crippen LogP) is 3.13. The summed E-state index contributed by atoms with van der Waals surface area (Å²) >= 11 is 11.5. The molecule has 0 saturated heterocycles. The minimum atomic E-state index is -0.946. The third kappa shape index (κ3) is 6.22. The van der Waals surface area contributed by atoms with E-state index in [4.69, 9.17) is 28.3 Å². The number of carbonyl (C=O) groups is 2. The van der Waals surface area contributed by atoms with E-state index in [0.29, 0.717) is 10.7 Å². The van der Waals surface area contributed by atoms with Crippen LogP contribution in [0.15, 0.2) is 29.4 Å². The molecule has 2 N–H and O–H groups in total. The first-order valence-corrected chi connectivity index (χ1v) is 6.24. The lowest BCUT2D eigenvalue weighted by molar-refractivity contribution is -0.137. The number of nitrogens with one attached hydrogen (secondary N) is 1. The van der Waals surface area contributed by atoms with E-state index in [1.165, 1.54) is 0 Å². The molecule has 7 heteroatoms. The van der Waals surface area contributed by atoms with Crippen LogP contribution in [-0.2, 0) is 9.59 Å². The molecule has 0 fully saturated rings. The van der Waals surface area contributed by atoms with E-state index in [9.17, 15) is 9.59 Å². The molecule has 0 radical (unpaired) electrons. The number of carboxylic acids is 1. The van der Waals surface area contributed by atoms with Gasteiger partial charge in [-0.1, -0.05) is 29.3 Å². The molecule has 1 aromatic carbocycles. The summed E-state index contributed by atoms with van der Waals surface area (Å²) in [6, 6.07) is 6.77. The number of nitrogens with zero attached hydrogens (tertiary/aromatic N) is 1. The largest absolute Gasteiger partial charge is 0.481 e. The van der Waals surface area contributed by atoms with Gasteiger partial charge in [-0.05, 0) is 24.6 Å². The van der Waals surface area contributed by atoms with Gasteiger partial charge in [-0.3, -0.25) is 15.0 Å². The number of ketones is 1. The third-order valence-corrected chi connectivity index (χ3v) is 2.66. The first-order chi connectivity index (χ1) is 8.99. The van der Waals surface area contributed by atoms with E-state index in [-0.39, 0.29) is 24.4 Å². The highest BCUT2D eigenvalue weighted by molar-refractivity contribution is 6.83. The van der Waals surface area contributed by atoms with E-state index in [1.54, 1.807) is 24.3 Å². The van der Waals surface area contributed by atoms with Gasteiger partial charge in [0.25, 0.3) is 0 Å². The van der Waals surface area contributed by atoms with Crippen LogP contribution < -0.4 is 5.43 Å². The molecular weight excluding hydrogens is 291 g/mol. The molecule has 0 unspecified atom stereocenters. The number of rotatable bonds is 7. The lowest BCUT2D eigenvalue weighted by atomic mass is 10.2. The van der Waals surface area contributed by atoms with Gasteiger partial charge in [-0.25, -0.2) is 0 Å². The fourth-order valence-corrected chi connectivity index (χ4v) is 1.56. The zero-order valence-electron chi connectivity index (χ0n) is 9.90. The number of aliphatic carboxylic acids is 1. The standard InChI is InChI=1S/C12H12Cl2N2O3/c13-8-3-1-4-9(7-8)15-16-12(14)10(17)5-2-6-11(18)19/h1,3-4,7,15H,2,5-6H2,(H,18,19)/b16-12-. The molecule has 5 nitrogen and oxygen atoms in total. The van der Waals surface area contributed by atoms with Crippen molar-refractivity contribution in [1.82, 2.24) is 0 Å². The highest BCUT2D eigenvalue weighted by Crippen LogP contribution is 2.15. The van der Waals surface area contributed by atoms with Crippen molar-refractivity contribution in [3.05, 3.63) is 29.3 Å². The Morgan fingerprint density at radius 1 is 1.32 bits per heavy atom. The number of anilines is 1. The van der Waals surface area contributed by atoms with Crippen LogP contribution in [0, 0.1) is 0 Å². The molecule has 0 heterocycles. The minimum absolute atomic E-state index is 0.0475. The summed E-state index contributed by atoms with van der Waals surface area (Å²) in [5, 5.41) is 12.5. The quantitative estimate of drug-likeness (QED) is 0.599. The highest BCUT2D eigenvalue weighted by Gasteiger charge is 2.09. The minimum Gasteiger partial charge on any atom is -0.481 e. The first-order valence-electron chi connectivity index (χ1n) is 5.49. The Bertz CT molecular complexity index is 504. The lowest BCUT2D eigenvalue weighted by Gasteiger charge is -2.01. The van der Waals surface area contributed by atoms with Gasteiger partial charge in [0.2, 0.25) is 0 Å². The highest BCUT2D eigenvalue weighted by atomic mass is 35.5. The van der Waals surface area contributed by atoms with Crippen LogP contribution in [0.4, 0.5) is 5.69 Å². The SMILES string of the molecule is O=C(O)CCCC(=O)/C(Cl)=N/Nc1cccc(Cl)c1. The van der Waals surface area contributed by atoms with Gasteiger partial charge in [-0.2, -0.15) is 5.10 Å². The van der Waals surface area contributed by atoms with Crippen molar-refractivity contribution in [3.8, 4) is 0 Å². The van der Waals surface area contributed by atoms with Gasteiger partial charge in [0.05, 0.1) is 5.69 Å². The van der Waals surface area contributed by atoms with Crippen LogP contribution in [0.25, 0.3) is 0 Å². The summed E-state index contributed by atoms with van der Waals surface area (Å²) in [5.74, 6) is -1.35. The van der Waals surface area contributed by atoms with Crippen LogP contribution in [0.1, 0.15) is 19.3 Å². The van der Waals surface area contributed by atoms with Crippen molar-refractivity contribution in [2.45, 2.75) is 19.3 Å². The average molecular weight is 303 g/mol. The number of hydrazone groups is 1. The van der Waals surface area contributed by atoms with Crippen molar-refractivity contribution in [1.29, 1.82) is 0 Å². The Morgan fingerprint density at radius 3 is 2.68 bits per heavy atom. The van der Waals surface area contributed by atoms with Crippen molar-refractivity contribution in [3.63, 3.8) is 0 Å². The van der Waals surface area contributed by atoms with E-state index in [2.05, 4.69) is 10.5 Å². The van der Waals surface area contributed by atoms with Crippen molar-refractivity contribution < 1.29 is 14.7 Å². The summed E-state index contributed by atoms with van der Waals surface area (Å²) in [5.41, 5.74) is 3.20. The zero-order valence-corrected chi connectivity index (χ0v) is 11.4. The van der Waals surface area contributed by atoms with Crippen molar-refractivity contribution in [2.75, 3.05) is 5.43 Å². The maximum Gasteiger partial charge on any atom is 0.303 e. The maximum atomic E-state index is 11.5. The monoisotopic (exact) mass is 302 g/mol. The Hall–Kier alpha value is -1.59. The molecular formula is C12H12Cl2N2O3. The molecule has 0 saturated carbocycles. The second-order valence-electron chi connectivity index (χ2n) is 3.70. The molecule has 0 aliphatic rings. The number of carboxylic acid groups (broad SMARTS) is 1. The summed E-state index contributed by atoms with van der Waals surface area (Å²) in [4.78, 5) is 21.8. The molecule has 102 valence electrons. The molecule has 0 atom stereocenters. The molecule has 0 aromatic heterocycles. The third-order valence-electron chi connectivity index (χ3n) is 2.13. The molecule has 0 amide bonds. The summed E-state index contributed by atoms with van der Waals surface area (Å²) in [6.07, 6.45) is 0.209. The fourth-order valence-electron chi connectivity index (χ4n) is 1.24. The maximum absolute atomic E-state index is 11.5. The Labute approximate surface area is 120 Å². The normalized spacial score (nSPS) is 11.2. The van der Waals surface area contributed by atoms with Gasteiger partial charge in [-0.15, -0.1) is 0 Å². The summed E-state index contributed by atoms with van der Waals surface area (Å²) in [7, 11) is 0. The average Bonchev–Trinajstić information content (AvgIpc) is 2.35. The predicted molar refractivity (Wildman–Crippen MR) is 74.9 cm³/mol. The summed E-state index contributed by atoms with van der Waals surface area (Å²) in [6.45, 7) is 0.